The minimum atomic E-state index is -0.0980. The topological polar surface area (TPSA) is 51.9 Å². The van der Waals surface area contributed by atoms with Crippen molar-refractivity contribution in [2.75, 3.05) is 6.54 Å². The fraction of sp³-hybridized carbons (Fsp3) is 0.333. The van der Waals surface area contributed by atoms with Gasteiger partial charge >= 0.3 is 0 Å². The Balaban J connectivity index is 1.97. The molecule has 0 aliphatic carbocycles. The van der Waals surface area contributed by atoms with E-state index in [2.05, 4.69) is 19.2 Å². The van der Waals surface area contributed by atoms with Gasteiger partial charge in [0.05, 0.1) is 11.4 Å². The van der Waals surface area contributed by atoms with Crippen molar-refractivity contribution in [2.24, 2.45) is 13.0 Å². The molecule has 1 amide bonds. The molecule has 0 bridgehead atoms. The van der Waals surface area contributed by atoms with E-state index in [1.165, 1.54) is 5.56 Å². The second kappa shape index (κ2) is 7.60. The van der Waals surface area contributed by atoms with Gasteiger partial charge in [0.2, 0.25) is 0 Å². The number of carbonyl (C=O) groups is 1. The first-order chi connectivity index (χ1) is 12.5. The Bertz CT molecular complexity index is 887. The second-order valence-electron chi connectivity index (χ2n) is 7.10. The van der Waals surface area contributed by atoms with E-state index in [4.69, 9.17) is 5.10 Å². The van der Waals surface area contributed by atoms with Gasteiger partial charge in [0.25, 0.3) is 5.91 Å². The van der Waals surface area contributed by atoms with Crippen LogP contribution < -0.4 is 5.32 Å². The van der Waals surface area contributed by atoms with Crippen LogP contribution in [0.25, 0.3) is 17.1 Å². The zero-order valence-corrected chi connectivity index (χ0v) is 15.9. The summed E-state index contributed by atoms with van der Waals surface area (Å²) < 4.78 is 3.73. The maximum absolute atomic E-state index is 12.8. The second-order valence-corrected chi connectivity index (χ2v) is 7.10. The number of hydrogen-bond donors (Lipinski definition) is 1. The summed E-state index contributed by atoms with van der Waals surface area (Å²) in [6.45, 7) is 7.00. The fourth-order valence-corrected chi connectivity index (χ4v) is 2.84. The van der Waals surface area contributed by atoms with Crippen LogP contribution in [0.1, 0.15) is 36.3 Å². The smallest absolute Gasteiger partial charge is 0.270 e. The van der Waals surface area contributed by atoms with E-state index < -0.39 is 0 Å². The predicted octanol–water partition coefficient (Wildman–Crippen LogP) is 3.96. The lowest BCUT2D eigenvalue weighted by Crippen LogP contribution is -2.27. The highest BCUT2D eigenvalue weighted by Gasteiger charge is 2.18. The SMILES string of the molecule is Cc1ccc(-n2nc(-c3cccn3C)cc2C(=O)NCCC(C)C)cc1. The first kappa shape index (κ1) is 18.0. The predicted molar refractivity (Wildman–Crippen MR) is 104 cm³/mol. The molecule has 136 valence electrons. The molecule has 0 aliphatic rings. The average molecular weight is 350 g/mol. The van der Waals surface area contributed by atoms with Crippen molar-refractivity contribution in [3.8, 4) is 17.1 Å². The van der Waals surface area contributed by atoms with Crippen LogP contribution in [0.15, 0.2) is 48.7 Å². The minimum absolute atomic E-state index is 0.0980. The molecule has 26 heavy (non-hydrogen) atoms. The van der Waals surface area contributed by atoms with Gasteiger partial charge in [-0.25, -0.2) is 4.68 Å². The summed E-state index contributed by atoms with van der Waals surface area (Å²) in [6, 6.07) is 13.9. The van der Waals surface area contributed by atoms with Crippen LogP contribution >= 0.6 is 0 Å². The Labute approximate surface area is 154 Å². The molecular formula is C21H26N4O. The highest BCUT2D eigenvalue weighted by molar-refractivity contribution is 5.94. The van der Waals surface area contributed by atoms with E-state index in [1.807, 2.05) is 67.2 Å². The fourth-order valence-electron chi connectivity index (χ4n) is 2.84. The summed E-state index contributed by atoms with van der Waals surface area (Å²) in [6.07, 6.45) is 2.93. The minimum Gasteiger partial charge on any atom is -0.351 e. The molecule has 2 aromatic heterocycles. The van der Waals surface area contributed by atoms with Crippen molar-refractivity contribution in [2.45, 2.75) is 27.2 Å². The van der Waals surface area contributed by atoms with Gasteiger partial charge in [-0.2, -0.15) is 5.10 Å². The number of rotatable bonds is 6. The molecule has 0 atom stereocenters. The van der Waals surface area contributed by atoms with Crippen LogP contribution in [0.2, 0.25) is 0 Å². The molecule has 0 fully saturated rings. The summed E-state index contributed by atoms with van der Waals surface area (Å²) in [4.78, 5) is 12.8. The zero-order chi connectivity index (χ0) is 18.7. The Morgan fingerprint density at radius 3 is 2.54 bits per heavy atom. The van der Waals surface area contributed by atoms with Gasteiger partial charge < -0.3 is 9.88 Å². The number of aryl methyl sites for hydroxylation is 2. The summed E-state index contributed by atoms with van der Waals surface area (Å²) >= 11 is 0. The van der Waals surface area contributed by atoms with Crippen molar-refractivity contribution < 1.29 is 4.79 Å². The van der Waals surface area contributed by atoms with Crippen molar-refractivity contribution in [3.63, 3.8) is 0 Å². The third-order valence-corrected chi connectivity index (χ3v) is 4.43. The van der Waals surface area contributed by atoms with Gasteiger partial charge in [0, 0.05) is 19.8 Å². The largest absolute Gasteiger partial charge is 0.351 e. The highest BCUT2D eigenvalue weighted by Crippen LogP contribution is 2.22. The lowest BCUT2D eigenvalue weighted by atomic mass is 10.1. The molecule has 2 heterocycles. The number of aromatic nitrogens is 3. The summed E-state index contributed by atoms with van der Waals surface area (Å²) in [5.41, 5.74) is 4.37. The number of hydrogen-bond acceptors (Lipinski definition) is 2. The third-order valence-electron chi connectivity index (χ3n) is 4.43. The van der Waals surface area contributed by atoms with Crippen LogP contribution in [0.5, 0.6) is 0 Å². The van der Waals surface area contributed by atoms with Gasteiger partial charge in [-0.05, 0) is 49.6 Å². The van der Waals surface area contributed by atoms with Crippen LogP contribution in [-0.4, -0.2) is 26.8 Å². The van der Waals surface area contributed by atoms with Crippen molar-refractivity contribution in [1.29, 1.82) is 0 Å². The van der Waals surface area contributed by atoms with E-state index in [9.17, 15) is 4.79 Å². The van der Waals surface area contributed by atoms with Gasteiger partial charge in [-0.1, -0.05) is 31.5 Å². The van der Waals surface area contributed by atoms with Crippen molar-refractivity contribution >= 4 is 5.91 Å². The van der Waals surface area contributed by atoms with Gasteiger partial charge in [-0.15, -0.1) is 0 Å². The molecule has 3 rings (SSSR count). The molecule has 0 radical (unpaired) electrons. The molecule has 5 heteroatoms. The van der Waals surface area contributed by atoms with Crippen LogP contribution in [-0.2, 0) is 7.05 Å². The first-order valence-corrected chi connectivity index (χ1v) is 9.02. The van der Waals surface area contributed by atoms with Crippen LogP contribution in [0, 0.1) is 12.8 Å². The first-order valence-electron chi connectivity index (χ1n) is 9.02. The molecule has 1 N–H and O–H groups in total. The van der Waals surface area contributed by atoms with Crippen LogP contribution in [0.3, 0.4) is 0 Å². The van der Waals surface area contributed by atoms with Gasteiger partial charge in [-0.3, -0.25) is 4.79 Å². The molecule has 1 aromatic carbocycles. The molecule has 0 spiro atoms. The van der Waals surface area contributed by atoms with Gasteiger partial charge in [0.1, 0.15) is 11.4 Å². The number of benzene rings is 1. The lowest BCUT2D eigenvalue weighted by Gasteiger charge is -2.09. The van der Waals surface area contributed by atoms with Gasteiger partial charge in [0.15, 0.2) is 0 Å². The summed E-state index contributed by atoms with van der Waals surface area (Å²) in [5.74, 6) is 0.454. The van der Waals surface area contributed by atoms with Crippen molar-refractivity contribution in [1.82, 2.24) is 19.7 Å². The maximum atomic E-state index is 12.8. The number of nitrogens with one attached hydrogen (secondary N) is 1. The standard InChI is InChI=1S/C21H26N4O/c1-15(2)11-12-22-21(26)20-14-18(19-6-5-13-24(19)4)23-25(20)17-9-7-16(3)8-10-17/h5-10,13-15H,11-12H2,1-4H3,(H,22,26). The molecule has 5 nitrogen and oxygen atoms in total. The molecule has 0 saturated heterocycles. The molecular weight excluding hydrogens is 324 g/mol. The molecule has 0 aliphatic heterocycles. The molecule has 0 unspecified atom stereocenters. The lowest BCUT2D eigenvalue weighted by molar-refractivity contribution is 0.0944. The van der Waals surface area contributed by atoms with Crippen molar-refractivity contribution in [3.05, 3.63) is 59.9 Å². The zero-order valence-electron chi connectivity index (χ0n) is 15.9. The quantitative estimate of drug-likeness (QED) is 0.731. The Kier molecular flexibility index (Phi) is 5.26. The Morgan fingerprint density at radius 2 is 1.92 bits per heavy atom. The summed E-state index contributed by atoms with van der Waals surface area (Å²) in [5, 5.41) is 7.73. The Hall–Kier alpha value is -2.82. The molecule has 3 aromatic rings. The highest BCUT2D eigenvalue weighted by atomic mass is 16.2. The van der Waals surface area contributed by atoms with E-state index in [0.29, 0.717) is 18.2 Å². The third kappa shape index (κ3) is 3.87. The monoisotopic (exact) mass is 350 g/mol. The average Bonchev–Trinajstić information content (AvgIpc) is 3.21. The maximum Gasteiger partial charge on any atom is 0.270 e. The number of nitrogens with zero attached hydrogens (tertiary/aromatic N) is 3. The summed E-state index contributed by atoms with van der Waals surface area (Å²) in [7, 11) is 1.97. The number of amides is 1. The Morgan fingerprint density at radius 1 is 1.19 bits per heavy atom. The normalized spacial score (nSPS) is 11.1. The van der Waals surface area contributed by atoms with E-state index in [-0.39, 0.29) is 5.91 Å². The molecule has 0 saturated carbocycles. The van der Waals surface area contributed by atoms with E-state index in [1.54, 1.807) is 4.68 Å². The van der Waals surface area contributed by atoms with Crippen LogP contribution in [0.4, 0.5) is 0 Å². The van der Waals surface area contributed by atoms with E-state index in [0.717, 1.165) is 23.5 Å². The number of carbonyl (C=O) groups excluding carboxylic acids is 1. The van der Waals surface area contributed by atoms with E-state index >= 15 is 0 Å².